The molecule has 1 aliphatic heterocycles. The number of hydrogen-bond donors (Lipinski definition) is 0. The number of piperidine rings is 1. The lowest BCUT2D eigenvalue weighted by Crippen LogP contribution is -2.36. The molecule has 3 heterocycles. The third-order valence-corrected chi connectivity index (χ3v) is 5.35. The van der Waals surface area contributed by atoms with Gasteiger partial charge in [0.2, 0.25) is 0 Å². The molecule has 0 amide bonds. The van der Waals surface area contributed by atoms with Gasteiger partial charge in [0.05, 0.1) is 23.9 Å². The summed E-state index contributed by atoms with van der Waals surface area (Å²) in [5.74, 6) is -0.429. The minimum absolute atomic E-state index is 0.0317. The summed E-state index contributed by atoms with van der Waals surface area (Å²) in [4.78, 5) is 18.4. The highest BCUT2D eigenvalue weighted by Gasteiger charge is 2.27. The van der Waals surface area contributed by atoms with Gasteiger partial charge in [0.1, 0.15) is 11.5 Å². The molecule has 156 valence electrons. The average molecular weight is 409 g/mol. The number of nitrogens with zero attached hydrogens (tertiary/aromatic N) is 5. The lowest BCUT2D eigenvalue weighted by molar-refractivity contribution is -0.149. The van der Waals surface area contributed by atoms with Crippen LogP contribution in [0.25, 0.3) is 16.9 Å². The van der Waals surface area contributed by atoms with Crippen LogP contribution in [0.15, 0.2) is 48.8 Å². The first-order valence-electron chi connectivity index (χ1n) is 10.2. The van der Waals surface area contributed by atoms with Gasteiger partial charge in [-0.1, -0.05) is 5.21 Å². The molecule has 3 aromatic rings. The number of halogens is 1. The largest absolute Gasteiger partial charge is 0.466 e. The average Bonchev–Trinajstić information content (AvgIpc) is 3.19. The van der Waals surface area contributed by atoms with Crippen molar-refractivity contribution in [3.63, 3.8) is 0 Å². The predicted octanol–water partition coefficient (Wildman–Crippen LogP) is 3.24. The van der Waals surface area contributed by atoms with E-state index in [0.717, 1.165) is 48.6 Å². The summed E-state index contributed by atoms with van der Waals surface area (Å²) >= 11 is 0. The van der Waals surface area contributed by atoms with Crippen LogP contribution in [0.5, 0.6) is 0 Å². The van der Waals surface area contributed by atoms with E-state index in [1.54, 1.807) is 29.2 Å². The molecular weight excluding hydrogens is 385 g/mol. The summed E-state index contributed by atoms with van der Waals surface area (Å²) in [6.45, 7) is 4.46. The normalized spacial score (nSPS) is 15.3. The van der Waals surface area contributed by atoms with E-state index in [1.807, 2.05) is 19.1 Å². The van der Waals surface area contributed by atoms with Gasteiger partial charge >= 0.3 is 5.97 Å². The molecule has 0 N–H and O–H groups in total. The highest BCUT2D eigenvalue weighted by Crippen LogP contribution is 2.27. The number of aromatic nitrogens is 4. The topological polar surface area (TPSA) is 73.1 Å². The van der Waals surface area contributed by atoms with Gasteiger partial charge in [0.25, 0.3) is 0 Å². The first kappa shape index (κ1) is 20.2. The first-order chi connectivity index (χ1) is 14.7. The van der Waals surface area contributed by atoms with Crippen LogP contribution in [-0.4, -0.2) is 50.5 Å². The Labute approximate surface area is 174 Å². The third kappa shape index (κ3) is 4.38. The molecule has 1 saturated heterocycles. The molecule has 0 atom stereocenters. The minimum atomic E-state index is -0.297. The summed E-state index contributed by atoms with van der Waals surface area (Å²) < 4.78 is 20.3. The Morgan fingerprint density at radius 3 is 2.50 bits per heavy atom. The second kappa shape index (κ2) is 9.13. The third-order valence-electron chi connectivity index (χ3n) is 5.35. The van der Waals surface area contributed by atoms with Crippen LogP contribution in [0.4, 0.5) is 4.39 Å². The lowest BCUT2D eigenvalue weighted by atomic mass is 9.97. The van der Waals surface area contributed by atoms with Crippen molar-refractivity contribution >= 4 is 5.97 Å². The Balaban J connectivity index is 1.57. The molecule has 30 heavy (non-hydrogen) atoms. The number of pyridine rings is 1. The van der Waals surface area contributed by atoms with Crippen molar-refractivity contribution in [1.29, 1.82) is 0 Å². The van der Waals surface area contributed by atoms with Crippen LogP contribution in [0.3, 0.4) is 0 Å². The van der Waals surface area contributed by atoms with Crippen molar-refractivity contribution in [2.45, 2.75) is 26.3 Å². The second-order valence-electron chi connectivity index (χ2n) is 7.31. The van der Waals surface area contributed by atoms with E-state index in [-0.39, 0.29) is 17.7 Å². The van der Waals surface area contributed by atoms with Gasteiger partial charge in [-0.2, -0.15) is 0 Å². The quantitative estimate of drug-likeness (QED) is 0.582. The van der Waals surface area contributed by atoms with Crippen LogP contribution in [0.1, 0.15) is 25.5 Å². The van der Waals surface area contributed by atoms with E-state index in [4.69, 9.17) is 4.74 Å². The zero-order valence-corrected chi connectivity index (χ0v) is 16.9. The molecule has 0 radical (unpaired) electrons. The van der Waals surface area contributed by atoms with Crippen molar-refractivity contribution in [1.82, 2.24) is 24.9 Å². The molecule has 1 aromatic carbocycles. The van der Waals surface area contributed by atoms with Crippen LogP contribution >= 0.6 is 0 Å². The van der Waals surface area contributed by atoms with E-state index in [9.17, 15) is 9.18 Å². The van der Waals surface area contributed by atoms with Crippen molar-refractivity contribution in [2.75, 3.05) is 19.7 Å². The van der Waals surface area contributed by atoms with Gasteiger partial charge in [-0.3, -0.25) is 14.7 Å². The highest BCUT2D eigenvalue weighted by molar-refractivity contribution is 5.72. The van der Waals surface area contributed by atoms with Gasteiger partial charge in [-0.05, 0) is 69.3 Å². The molecule has 1 aliphatic rings. The Morgan fingerprint density at radius 1 is 1.13 bits per heavy atom. The lowest BCUT2D eigenvalue weighted by Gasteiger charge is -2.30. The van der Waals surface area contributed by atoms with Crippen LogP contribution in [0, 0.1) is 11.7 Å². The maximum atomic E-state index is 13.4. The van der Waals surface area contributed by atoms with Gasteiger partial charge in [-0.15, -0.1) is 5.10 Å². The molecule has 0 saturated carbocycles. The fraction of sp³-hybridized carbons (Fsp3) is 0.364. The Hall–Kier alpha value is -3.13. The number of likely N-dealkylation sites (tertiary alicyclic amines) is 1. The van der Waals surface area contributed by atoms with E-state index in [2.05, 4.69) is 20.2 Å². The molecule has 4 rings (SSSR count). The van der Waals surface area contributed by atoms with Gasteiger partial charge < -0.3 is 4.74 Å². The van der Waals surface area contributed by atoms with E-state index < -0.39 is 0 Å². The maximum absolute atomic E-state index is 13.4. The molecule has 8 heteroatoms. The Morgan fingerprint density at radius 2 is 1.83 bits per heavy atom. The van der Waals surface area contributed by atoms with E-state index in [0.29, 0.717) is 13.2 Å². The predicted molar refractivity (Wildman–Crippen MR) is 109 cm³/mol. The summed E-state index contributed by atoms with van der Waals surface area (Å²) in [6, 6.07) is 10.0. The summed E-state index contributed by atoms with van der Waals surface area (Å²) in [5, 5.41) is 8.78. The van der Waals surface area contributed by atoms with Gasteiger partial charge in [-0.25, -0.2) is 9.07 Å². The van der Waals surface area contributed by atoms with Crippen LogP contribution < -0.4 is 0 Å². The fourth-order valence-electron chi connectivity index (χ4n) is 3.78. The molecule has 0 unspecified atom stereocenters. The van der Waals surface area contributed by atoms with Crippen LogP contribution in [-0.2, 0) is 16.1 Å². The maximum Gasteiger partial charge on any atom is 0.309 e. The number of benzene rings is 1. The first-order valence-corrected chi connectivity index (χ1v) is 10.2. The molecule has 2 aromatic heterocycles. The second-order valence-corrected chi connectivity index (χ2v) is 7.31. The van der Waals surface area contributed by atoms with Crippen molar-refractivity contribution in [2.24, 2.45) is 5.92 Å². The number of carbonyl (C=O) groups excluding carboxylic acids is 1. The van der Waals surface area contributed by atoms with E-state index in [1.165, 1.54) is 12.1 Å². The number of carbonyl (C=O) groups is 1. The zero-order valence-electron chi connectivity index (χ0n) is 16.9. The Kier molecular flexibility index (Phi) is 6.13. The fourth-order valence-corrected chi connectivity index (χ4v) is 3.78. The summed E-state index contributed by atoms with van der Waals surface area (Å²) in [7, 11) is 0. The summed E-state index contributed by atoms with van der Waals surface area (Å²) in [6.07, 6.45) is 5.00. The number of hydrogen-bond acceptors (Lipinski definition) is 6. The smallest absolute Gasteiger partial charge is 0.309 e. The Bertz CT molecular complexity index is 983. The molecule has 7 nitrogen and oxygen atoms in total. The molecular formula is C22H24FN5O2. The van der Waals surface area contributed by atoms with Gasteiger partial charge in [0.15, 0.2) is 0 Å². The highest BCUT2D eigenvalue weighted by atomic mass is 19.1. The molecule has 0 bridgehead atoms. The number of rotatable bonds is 6. The zero-order chi connectivity index (χ0) is 20.9. The van der Waals surface area contributed by atoms with Crippen molar-refractivity contribution < 1.29 is 13.9 Å². The number of ether oxygens (including phenoxy) is 1. The molecule has 0 spiro atoms. The summed E-state index contributed by atoms with van der Waals surface area (Å²) in [5.41, 5.74) is 3.37. The van der Waals surface area contributed by atoms with E-state index >= 15 is 0 Å². The monoisotopic (exact) mass is 409 g/mol. The van der Waals surface area contributed by atoms with Gasteiger partial charge in [0, 0.05) is 24.5 Å². The minimum Gasteiger partial charge on any atom is -0.466 e. The SMILES string of the molecule is CCOC(=O)C1CCN(Cc2nnn(-c3ccc(F)cc3)c2-c2ccncc2)CC1. The van der Waals surface area contributed by atoms with Crippen molar-refractivity contribution in [3.05, 3.63) is 60.3 Å². The molecule has 1 fully saturated rings. The van der Waals surface area contributed by atoms with Crippen molar-refractivity contribution in [3.8, 4) is 16.9 Å². The standard InChI is InChI=1S/C22H24FN5O2/c1-2-30-22(29)17-9-13-27(14-10-17)15-20-21(16-7-11-24-12-8-16)28(26-25-20)19-5-3-18(23)4-6-19/h3-8,11-12,17H,2,9-10,13-15H2,1H3. The number of esters is 1. The van der Waals surface area contributed by atoms with Crippen LogP contribution in [0.2, 0.25) is 0 Å². The molecule has 0 aliphatic carbocycles.